The normalized spacial score (nSPS) is 11.7. The van der Waals surface area contributed by atoms with Gasteiger partial charge < -0.3 is 19.8 Å². The Bertz CT molecular complexity index is 1040. The summed E-state index contributed by atoms with van der Waals surface area (Å²) in [6.45, 7) is 10.5. The van der Waals surface area contributed by atoms with Gasteiger partial charge >= 0.3 is 11.9 Å². The highest BCUT2D eigenvalue weighted by atomic mass is 32.2. The fourth-order valence-electron chi connectivity index (χ4n) is 3.25. The van der Waals surface area contributed by atoms with Crippen LogP contribution in [0.3, 0.4) is 0 Å². The van der Waals surface area contributed by atoms with E-state index in [1.165, 1.54) is 18.7 Å². The zero-order chi connectivity index (χ0) is 24.7. The van der Waals surface area contributed by atoms with E-state index in [1.54, 1.807) is 45.0 Å². The Labute approximate surface area is 197 Å². The predicted octanol–water partition coefficient (Wildman–Crippen LogP) is 3.85. The number of carbonyl (C=O) groups is 4. The molecule has 0 fully saturated rings. The molecule has 1 amide bonds. The number of benzene rings is 1. The van der Waals surface area contributed by atoms with Gasteiger partial charge in [-0.1, -0.05) is 12.1 Å². The van der Waals surface area contributed by atoms with Crippen molar-refractivity contribution in [3.63, 3.8) is 0 Å². The Kier molecular flexibility index (Phi) is 9.28. The third kappa shape index (κ3) is 6.71. The van der Waals surface area contributed by atoms with Crippen molar-refractivity contribution >= 4 is 35.4 Å². The number of Topliss-reactive ketones (excluding diaryl/α,β-unsaturated/α-hetero) is 1. The minimum absolute atomic E-state index is 0.0228. The van der Waals surface area contributed by atoms with Gasteiger partial charge in [0.2, 0.25) is 11.7 Å². The first-order valence-corrected chi connectivity index (χ1v) is 11.7. The summed E-state index contributed by atoms with van der Waals surface area (Å²) in [4.78, 5) is 53.4. The third-order valence-corrected chi connectivity index (χ3v) is 5.81. The number of rotatable bonds is 10. The Morgan fingerprint density at radius 2 is 1.73 bits per heavy atom. The lowest BCUT2D eigenvalue weighted by atomic mass is 10.1. The minimum atomic E-state index is -1.09. The van der Waals surface area contributed by atoms with Crippen LogP contribution in [-0.2, 0) is 14.3 Å². The van der Waals surface area contributed by atoms with Crippen molar-refractivity contribution in [2.75, 3.05) is 12.4 Å². The molecule has 2 N–H and O–H groups in total. The molecule has 178 valence electrons. The summed E-state index contributed by atoms with van der Waals surface area (Å²) in [6, 6.07) is 6.78. The number of hydrogen-bond acceptors (Lipinski definition) is 7. The van der Waals surface area contributed by atoms with Crippen LogP contribution in [0.5, 0.6) is 0 Å². The van der Waals surface area contributed by atoms with Crippen LogP contribution in [0.15, 0.2) is 29.2 Å². The van der Waals surface area contributed by atoms with E-state index in [0.29, 0.717) is 21.7 Å². The Morgan fingerprint density at radius 3 is 2.36 bits per heavy atom. The van der Waals surface area contributed by atoms with E-state index in [-0.39, 0.29) is 35.6 Å². The van der Waals surface area contributed by atoms with Crippen LogP contribution in [-0.4, -0.2) is 53.1 Å². The quantitative estimate of drug-likeness (QED) is 0.305. The number of nitrogens with one attached hydrogen (secondary N) is 2. The molecular weight excluding hydrogens is 444 g/mol. The van der Waals surface area contributed by atoms with Gasteiger partial charge in [-0.3, -0.25) is 9.59 Å². The summed E-state index contributed by atoms with van der Waals surface area (Å²) < 4.78 is 10.5. The maximum absolute atomic E-state index is 13.0. The lowest BCUT2D eigenvalue weighted by molar-refractivity contribution is -0.119. The molecule has 0 aliphatic rings. The van der Waals surface area contributed by atoms with Gasteiger partial charge in [-0.2, -0.15) is 0 Å². The summed E-state index contributed by atoms with van der Waals surface area (Å²) in [5.74, 6) is -1.64. The summed E-state index contributed by atoms with van der Waals surface area (Å²) >= 11 is 1.22. The van der Waals surface area contributed by atoms with Crippen molar-refractivity contribution in [2.24, 2.45) is 0 Å². The third-order valence-electron chi connectivity index (χ3n) is 4.73. The second kappa shape index (κ2) is 11.7. The van der Waals surface area contributed by atoms with Crippen LogP contribution >= 0.6 is 11.8 Å². The van der Waals surface area contributed by atoms with Crippen molar-refractivity contribution in [2.45, 2.75) is 58.6 Å². The van der Waals surface area contributed by atoms with Gasteiger partial charge in [0.15, 0.2) is 6.10 Å². The predicted molar refractivity (Wildman–Crippen MR) is 126 cm³/mol. The molecule has 1 atom stereocenters. The van der Waals surface area contributed by atoms with Gasteiger partial charge in [0.1, 0.15) is 0 Å². The van der Waals surface area contributed by atoms with E-state index in [2.05, 4.69) is 10.3 Å². The first kappa shape index (κ1) is 26.2. The summed E-state index contributed by atoms with van der Waals surface area (Å²) in [5.41, 5.74) is 1.73. The van der Waals surface area contributed by atoms with Gasteiger partial charge in [0.25, 0.3) is 0 Å². The highest BCUT2D eigenvalue weighted by Gasteiger charge is 2.28. The molecule has 1 aromatic heterocycles. The standard InChI is InChI=1S/C24H30N2O6S/c1-7-31-24(30)20-14(4)21(26-15(20)5)22(28)16(6)32-23(29)17-10-8-9-11-18(17)33-12-19(27)25-13(2)3/h8-11,13,16,26H,7,12H2,1-6H3,(H,25,27)/t16-/m0/s1. The van der Waals surface area contributed by atoms with Crippen molar-refractivity contribution in [1.29, 1.82) is 0 Å². The van der Waals surface area contributed by atoms with Crippen LogP contribution in [0.4, 0.5) is 0 Å². The summed E-state index contributed by atoms with van der Waals surface area (Å²) in [7, 11) is 0. The molecule has 0 bridgehead atoms. The summed E-state index contributed by atoms with van der Waals surface area (Å²) in [6.07, 6.45) is -1.09. The second-order valence-electron chi connectivity index (χ2n) is 7.76. The Balaban J connectivity index is 2.14. The number of thioether (sulfide) groups is 1. The maximum Gasteiger partial charge on any atom is 0.340 e. The average molecular weight is 475 g/mol. The van der Waals surface area contributed by atoms with E-state index < -0.39 is 23.8 Å². The van der Waals surface area contributed by atoms with E-state index >= 15 is 0 Å². The van der Waals surface area contributed by atoms with E-state index in [4.69, 9.17) is 9.47 Å². The molecule has 0 saturated heterocycles. The molecule has 0 aliphatic heterocycles. The number of aryl methyl sites for hydroxylation is 1. The number of aromatic nitrogens is 1. The molecule has 0 unspecified atom stereocenters. The van der Waals surface area contributed by atoms with E-state index in [0.717, 1.165) is 0 Å². The molecule has 0 saturated carbocycles. The van der Waals surface area contributed by atoms with Crippen molar-refractivity contribution in [3.8, 4) is 0 Å². The van der Waals surface area contributed by atoms with Crippen LogP contribution in [0.25, 0.3) is 0 Å². The fraction of sp³-hybridized carbons (Fsp3) is 0.417. The van der Waals surface area contributed by atoms with E-state index in [1.807, 2.05) is 13.8 Å². The molecule has 0 radical (unpaired) electrons. The molecular formula is C24H30N2O6S. The Morgan fingerprint density at radius 1 is 1.06 bits per heavy atom. The van der Waals surface area contributed by atoms with Gasteiger partial charge in [-0.25, -0.2) is 9.59 Å². The highest BCUT2D eigenvalue weighted by molar-refractivity contribution is 8.00. The first-order valence-electron chi connectivity index (χ1n) is 10.7. The van der Waals surface area contributed by atoms with Crippen LogP contribution in [0.1, 0.15) is 70.2 Å². The second-order valence-corrected chi connectivity index (χ2v) is 8.78. The molecule has 1 heterocycles. The number of carbonyl (C=O) groups excluding carboxylic acids is 4. The molecule has 2 rings (SSSR count). The lowest BCUT2D eigenvalue weighted by Crippen LogP contribution is -2.31. The topological polar surface area (TPSA) is 115 Å². The van der Waals surface area contributed by atoms with Crippen LogP contribution in [0, 0.1) is 13.8 Å². The zero-order valence-corrected chi connectivity index (χ0v) is 20.6. The fourth-order valence-corrected chi connectivity index (χ4v) is 4.11. The largest absolute Gasteiger partial charge is 0.462 e. The SMILES string of the molecule is CCOC(=O)c1c(C)[nH]c(C(=O)[C@H](C)OC(=O)c2ccccc2SCC(=O)NC(C)C)c1C. The van der Waals surface area contributed by atoms with Crippen LogP contribution < -0.4 is 5.32 Å². The number of ketones is 1. The number of esters is 2. The number of hydrogen-bond donors (Lipinski definition) is 2. The summed E-state index contributed by atoms with van der Waals surface area (Å²) in [5, 5.41) is 2.80. The number of H-pyrrole nitrogens is 1. The van der Waals surface area contributed by atoms with Gasteiger partial charge in [0, 0.05) is 16.6 Å². The van der Waals surface area contributed by atoms with Crippen LogP contribution in [0.2, 0.25) is 0 Å². The van der Waals surface area contributed by atoms with Crippen molar-refractivity contribution < 1.29 is 28.7 Å². The van der Waals surface area contributed by atoms with Crippen molar-refractivity contribution in [1.82, 2.24) is 10.3 Å². The number of amides is 1. The van der Waals surface area contributed by atoms with Gasteiger partial charge in [0.05, 0.1) is 29.2 Å². The van der Waals surface area contributed by atoms with Crippen molar-refractivity contribution in [3.05, 3.63) is 52.3 Å². The molecule has 0 aliphatic carbocycles. The zero-order valence-electron chi connectivity index (χ0n) is 19.7. The molecule has 33 heavy (non-hydrogen) atoms. The molecule has 2 aromatic rings. The molecule has 9 heteroatoms. The first-order chi connectivity index (χ1) is 15.6. The Hall–Kier alpha value is -3.07. The number of aromatic amines is 1. The highest BCUT2D eigenvalue weighted by Crippen LogP contribution is 2.25. The number of ether oxygens (including phenoxy) is 2. The van der Waals surface area contributed by atoms with Gasteiger partial charge in [-0.15, -0.1) is 11.8 Å². The average Bonchev–Trinajstić information content (AvgIpc) is 3.05. The molecule has 0 spiro atoms. The lowest BCUT2D eigenvalue weighted by Gasteiger charge is -2.14. The molecule has 8 nitrogen and oxygen atoms in total. The maximum atomic E-state index is 13.0. The molecule has 1 aromatic carbocycles. The van der Waals surface area contributed by atoms with E-state index in [9.17, 15) is 19.2 Å². The monoisotopic (exact) mass is 474 g/mol. The smallest absolute Gasteiger partial charge is 0.340 e. The van der Waals surface area contributed by atoms with Gasteiger partial charge in [-0.05, 0) is 59.2 Å². The minimum Gasteiger partial charge on any atom is -0.462 e.